The molecule has 1 atom stereocenters. The first-order valence-corrected chi connectivity index (χ1v) is 9.22. The first kappa shape index (κ1) is 20.3. The van der Waals surface area contributed by atoms with Crippen molar-refractivity contribution in [1.82, 2.24) is 20.5 Å². The Kier molecular flexibility index (Phi) is 6.69. The average Bonchev–Trinajstić information content (AvgIpc) is 3.16. The lowest BCUT2D eigenvalue weighted by atomic mass is 10.2. The van der Waals surface area contributed by atoms with Crippen molar-refractivity contribution < 1.29 is 22.4 Å². The van der Waals surface area contributed by atoms with E-state index in [-0.39, 0.29) is 12.8 Å². The fourth-order valence-corrected chi connectivity index (χ4v) is 3.13. The largest absolute Gasteiger partial charge is 0.441 e. The van der Waals surface area contributed by atoms with Crippen molar-refractivity contribution in [3.63, 3.8) is 0 Å². The van der Waals surface area contributed by atoms with Gasteiger partial charge in [-0.15, -0.1) is 0 Å². The van der Waals surface area contributed by atoms with Crippen LogP contribution >= 0.6 is 0 Å². The molecule has 0 bridgehead atoms. The van der Waals surface area contributed by atoms with E-state index >= 15 is 0 Å². The first-order valence-electron chi connectivity index (χ1n) is 9.22. The van der Waals surface area contributed by atoms with E-state index < -0.39 is 24.7 Å². The number of aromatic nitrogens is 1. The van der Waals surface area contributed by atoms with Crippen LogP contribution in [0, 0.1) is 0 Å². The van der Waals surface area contributed by atoms with Gasteiger partial charge in [0.05, 0.1) is 6.20 Å². The van der Waals surface area contributed by atoms with Crippen LogP contribution in [0.25, 0.3) is 11.3 Å². The maximum absolute atomic E-state index is 13.3. The van der Waals surface area contributed by atoms with Gasteiger partial charge in [0.2, 0.25) is 5.91 Å². The molecule has 2 heterocycles. The summed E-state index contributed by atoms with van der Waals surface area (Å²) in [4.78, 5) is 17.5. The molecule has 1 aliphatic rings. The number of benzene rings is 1. The third-order valence-electron chi connectivity index (χ3n) is 4.64. The zero-order valence-corrected chi connectivity index (χ0v) is 15.3. The number of hydrogen-bond donors (Lipinski definition) is 2. The summed E-state index contributed by atoms with van der Waals surface area (Å²) in [7, 11) is 0. The summed E-state index contributed by atoms with van der Waals surface area (Å²) < 4.78 is 45.6. The number of aryl methyl sites for hydroxylation is 1. The molecule has 1 unspecified atom stereocenters. The van der Waals surface area contributed by atoms with E-state index in [1.54, 1.807) is 6.20 Å². The quantitative estimate of drug-likeness (QED) is 0.751. The molecule has 28 heavy (non-hydrogen) atoms. The molecule has 0 saturated carbocycles. The van der Waals surface area contributed by atoms with Crippen LogP contribution in [0.4, 0.5) is 13.2 Å². The molecule has 2 N–H and O–H groups in total. The van der Waals surface area contributed by atoms with Crippen LogP contribution in [0.3, 0.4) is 0 Å². The minimum absolute atomic E-state index is 0.0148. The van der Waals surface area contributed by atoms with E-state index in [4.69, 9.17) is 4.42 Å². The van der Waals surface area contributed by atoms with Crippen LogP contribution in [0.1, 0.15) is 12.3 Å². The normalized spacial score (nSPS) is 16.7. The summed E-state index contributed by atoms with van der Waals surface area (Å²) in [5, 5.41) is 5.43. The predicted molar refractivity (Wildman–Crippen MR) is 97.6 cm³/mol. The number of halogens is 3. The van der Waals surface area contributed by atoms with Crippen molar-refractivity contribution in [3.8, 4) is 11.3 Å². The topological polar surface area (TPSA) is 70.4 Å². The van der Waals surface area contributed by atoms with E-state index in [0.717, 1.165) is 5.56 Å². The first-order chi connectivity index (χ1) is 13.4. The maximum atomic E-state index is 13.3. The Morgan fingerprint density at radius 2 is 1.96 bits per heavy atom. The third-order valence-corrected chi connectivity index (χ3v) is 4.64. The molecule has 0 aliphatic carbocycles. The van der Waals surface area contributed by atoms with Gasteiger partial charge in [0.25, 0.3) is 0 Å². The molecule has 1 aliphatic heterocycles. The van der Waals surface area contributed by atoms with E-state index in [0.29, 0.717) is 37.8 Å². The smallest absolute Gasteiger partial charge is 0.405 e. The SMILES string of the molecule is O=C(CCc1ncc(-c2ccccc2)o1)NCC(N1CCNCC1)C(F)(F)F. The van der Waals surface area contributed by atoms with Gasteiger partial charge in [0.1, 0.15) is 6.04 Å². The number of nitrogens with zero attached hydrogens (tertiary/aromatic N) is 2. The molecule has 6 nitrogen and oxygen atoms in total. The highest BCUT2D eigenvalue weighted by Gasteiger charge is 2.43. The molecule has 2 aromatic rings. The Bertz CT molecular complexity index is 758. The van der Waals surface area contributed by atoms with Gasteiger partial charge >= 0.3 is 6.18 Å². The van der Waals surface area contributed by atoms with Gasteiger partial charge in [-0.1, -0.05) is 30.3 Å². The minimum atomic E-state index is -4.39. The highest BCUT2D eigenvalue weighted by molar-refractivity contribution is 5.76. The summed E-state index contributed by atoms with van der Waals surface area (Å²) in [6.07, 6.45) is -2.58. The van der Waals surface area contributed by atoms with Gasteiger partial charge in [0, 0.05) is 51.1 Å². The second kappa shape index (κ2) is 9.20. The fourth-order valence-electron chi connectivity index (χ4n) is 3.13. The predicted octanol–water partition coefficient (Wildman–Crippen LogP) is 2.23. The number of alkyl halides is 3. The highest BCUT2D eigenvalue weighted by atomic mass is 19.4. The summed E-state index contributed by atoms with van der Waals surface area (Å²) in [6.45, 7) is 1.17. The third kappa shape index (κ3) is 5.56. The summed E-state index contributed by atoms with van der Waals surface area (Å²) in [5.74, 6) is 0.513. The van der Waals surface area contributed by atoms with Crippen LogP contribution in [-0.4, -0.2) is 60.7 Å². The van der Waals surface area contributed by atoms with Crippen molar-refractivity contribution in [2.75, 3.05) is 32.7 Å². The van der Waals surface area contributed by atoms with Gasteiger partial charge in [-0.25, -0.2) is 4.98 Å². The standard InChI is InChI=1S/C19H23F3N4O2/c20-19(21,22)16(26-10-8-23-9-11-26)13-24-17(27)6-7-18-25-12-15(28-18)14-4-2-1-3-5-14/h1-5,12,16,23H,6-11,13H2,(H,24,27). The average molecular weight is 396 g/mol. The van der Waals surface area contributed by atoms with Crippen LogP contribution in [0.5, 0.6) is 0 Å². The van der Waals surface area contributed by atoms with Gasteiger partial charge in [-0.2, -0.15) is 13.2 Å². The molecule has 0 radical (unpaired) electrons. The van der Waals surface area contributed by atoms with Crippen LogP contribution in [0.15, 0.2) is 40.9 Å². The number of carbonyl (C=O) groups is 1. The molecule has 152 valence electrons. The van der Waals surface area contributed by atoms with E-state index in [1.165, 1.54) is 4.90 Å². The number of nitrogens with one attached hydrogen (secondary N) is 2. The number of rotatable bonds is 7. The van der Waals surface area contributed by atoms with E-state index in [1.807, 2.05) is 30.3 Å². The van der Waals surface area contributed by atoms with Crippen LogP contribution in [0.2, 0.25) is 0 Å². The van der Waals surface area contributed by atoms with Crippen LogP contribution < -0.4 is 10.6 Å². The van der Waals surface area contributed by atoms with Gasteiger partial charge in [0.15, 0.2) is 11.7 Å². The number of amides is 1. The summed E-state index contributed by atoms with van der Waals surface area (Å²) >= 11 is 0. The molecule has 1 saturated heterocycles. The highest BCUT2D eigenvalue weighted by Crippen LogP contribution is 2.25. The molecule has 1 aromatic carbocycles. The van der Waals surface area contributed by atoms with E-state index in [9.17, 15) is 18.0 Å². The zero-order valence-electron chi connectivity index (χ0n) is 15.3. The van der Waals surface area contributed by atoms with Gasteiger partial charge < -0.3 is 15.1 Å². The lowest BCUT2D eigenvalue weighted by Crippen LogP contribution is -2.57. The van der Waals surface area contributed by atoms with Crippen LogP contribution in [-0.2, 0) is 11.2 Å². The Morgan fingerprint density at radius 3 is 2.64 bits per heavy atom. The molecule has 1 amide bonds. The molecule has 1 aromatic heterocycles. The van der Waals surface area contributed by atoms with Crippen molar-refractivity contribution in [3.05, 3.63) is 42.4 Å². The van der Waals surface area contributed by atoms with E-state index in [2.05, 4.69) is 15.6 Å². The fraction of sp³-hybridized carbons (Fsp3) is 0.474. The second-order valence-corrected chi connectivity index (χ2v) is 6.63. The Morgan fingerprint density at radius 1 is 1.25 bits per heavy atom. The van der Waals surface area contributed by atoms with Crippen molar-refractivity contribution >= 4 is 5.91 Å². The summed E-state index contributed by atoms with van der Waals surface area (Å²) in [6, 6.07) is 7.72. The number of oxazole rings is 1. The molecule has 0 spiro atoms. The van der Waals surface area contributed by atoms with Gasteiger partial charge in [-0.3, -0.25) is 9.69 Å². The molecule has 9 heteroatoms. The second-order valence-electron chi connectivity index (χ2n) is 6.63. The summed E-state index contributed by atoms with van der Waals surface area (Å²) in [5.41, 5.74) is 0.870. The van der Waals surface area contributed by atoms with Crippen molar-refractivity contribution in [2.24, 2.45) is 0 Å². The van der Waals surface area contributed by atoms with Crippen molar-refractivity contribution in [1.29, 1.82) is 0 Å². The maximum Gasteiger partial charge on any atom is 0.405 e. The Labute approximate surface area is 161 Å². The molecular formula is C19H23F3N4O2. The Balaban J connectivity index is 1.49. The molecule has 1 fully saturated rings. The number of piperazine rings is 1. The number of carbonyl (C=O) groups excluding carboxylic acids is 1. The molecular weight excluding hydrogens is 373 g/mol. The monoisotopic (exact) mass is 396 g/mol. The van der Waals surface area contributed by atoms with Crippen molar-refractivity contribution in [2.45, 2.75) is 25.1 Å². The molecule has 3 rings (SSSR count). The zero-order chi connectivity index (χ0) is 20.0. The Hall–Kier alpha value is -2.39. The lowest BCUT2D eigenvalue weighted by molar-refractivity contribution is -0.184. The number of hydrogen-bond acceptors (Lipinski definition) is 5. The minimum Gasteiger partial charge on any atom is -0.441 e. The lowest BCUT2D eigenvalue weighted by Gasteiger charge is -2.35. The van der Waals surface area contributed by atoms with Gasteiger partial charge in [-0.05, 0) is 0 Å².